The normalized spacial score (nSPS) is 11.3. The van der Waals surface area contributed by atoms with E-state index in [0.29, 0.717) is 10.9 Å². The average Bonchev–Trinajstić information content (AvgIpc) is 2.55. The van der Waals surface area contributed by atoms with Gasteiger partial charge in [-0.1, -0.05) is 12.1 Å². The first-order chi connectivity index (χ1) is 11.0. The van der Waals surface area contributed by atoms with Gasteiger partial charge in [0.1, 0.15) is 11.2 Å². The number of hydrogen-bond donors (Lipinski definition) is 0. The topological polar surface area (TPSA) is 112 Å². The molecule has 1 heterocycles. The number of benzene rings is 2. The summed E-state index contributed by atoms with van der Waals surface area (Å²) in [5.41, 5.74) is 0.327. The van der Waals surface area contributed by atoms with E-state index in [1.54, 1.807) is 24.3 Å². The van der Waals surface area contributed by atoms with Crippen molar-refractivity contribution in [3.8, 4) is 5.88 Å². The van der Waals surface area contributed by atoms with Crippen LogP contribution in [-0.4, -0.2) is 23.3 Å². The van der Waals surface area contributed by atoms with Gasteiger partial charge < -0.3 is 4.18 Å². The molecular weight excluding hydrogens is 322 g/mol. The first-order valence-corrected chi connectivity index (χ1v) is 7.77. The number of fused-ring (bicyclic) bond motifs is 1. The summed E-state index contributed by atoms with van der Waals surface area (Å²) in [7, 11) is -4.16. The van der Waals surface area contributed by atoms with E-state index in [2.05, 4.69) is 9.97 Å². The van der Waals surface area contributed by atoms with E-state index in [1.807, 2.05) is 0 Å². The van der Waals surface area contributed by atoms with Crippen molar-refractivity contribution in [2.45, 2.75) is 4.90 Å². The SMILES string of the molecule is O=[N+]([O-])c1ccc(S(=O)(=O)Oc2ncnc3ccccc23)cc1. The Bertz CT molecular complexity index is 981. The van der Waals surface area contributed by atoms with Crippen molar-refractivity contribution in [1.29, 1.82) is 0 Å². The smallest absolute Gasteiger partial charge is 0.340 e. The van der Waals surface area contributed by atoms with E-state index in [9.17, 15) is 18.5 Å². The minimum atomic E-state index is -4.16. The van der Waals surface area contributed by atoms with Crippen molar-refractivity contribution in [3.05, 3.63) is 65.0 Å². The number of aromatic nitrogens is 2. The molecular formula is C14H9N3O5S. The number of hydrogen-bond acceptors (Lipinski definition) is 7. The summed E-state index contributed by atoms with van der Waals surface area (Å²) < 4.78 is 29.6. The minimum absolute atomic E-state index is 0.103. The largest absolute Gasteiger partial charge is 0.357 e. The molecule has 0 radical (unpaired) electrons. The Labute approximate surface area is 130 Å². The summed E-state index contributed by atoms with van der Waals surface area (Å²) in [5, 5.41) is 11.1. The van der Waals surface area contributed by atoms with Crippen molar-refractivity contribution in [2.24, 2.45) is 0 Å². The van der Waals surface area contributed by atoms with Crippen LogP contribution in [-0.2, 0) is 10.1 Å². The van der Waals surface area contributed by atoms with E-state index in [0.717, 1.165) is 24.3 Å². The maximum atomic E-state index is 12.3. The molecule has 0 unspecified atom stereocenters. The van der Waals surface area contributed by atoms with Gasteiger partial charge in [0.05, 0.1) is 15.8 Å². The standard InChI is InChI=1S/C14H9N3O5S/c18-17(19)10-5-7-11(8-6-10)23(20,21)22-14-12-3-1-2-4-13(12)15-9-16-14/h1-9H. The number of non-ortho nitro benzene ring substituents is 1. The van der Waals surface area contributed by atoms with Crippen molar-refractivity contribution in [3.63, 3.8) is 0 Å². The molecule has 9 heteroatoms. The lowest BCUT2D eigenvalue weighted by atomic mass is 10.2. The van der Waals surface area contributed by atoms with Crippen LogP contribution in [0.1, 0.15) is 0 Å². The molecule has 0 spiro atoms. The van der Waals surface area contributed by atoms with Gasteiger partial charge >= 0.3 is 10.1 Å². The second-order valence-corrected chi connectivity index (χ2v) is 6.03. The van der Waals surface area contributed by atoms with Gasteiger partial charge in [-0.3, -0.25) is 10.1 Å². The predicted octanol–water partition coefficient (Wildman–Crippen LogP) is 2.31. The number of nitro groups is 1. The fourth-order valence-corrected chi connectivity index (χ4v) is 2.84. The van der Waals surface area contributed by atoms with Crippen LogP contribution in [0.4, 0.5) is 5.69 Å². The van der Waals surface area contributed by atoms with Crippen LogP contribution in [0.3, 0.4) is 0 Å². The molecule has 0 aliphatic rings. The molecule has 1 aromatic heterocycles. The Hall–Kier alpha value is -3.07. The molecule has 0 fully saturated rings. The quantitative estimate of drug-likeness (QED) is 0.409. The van der Waals surface area contributed by atoms with E-state index >= 15 is 0 Å². The van der Waals surface area contributed by atoms with Crippen molar-refractivity contribution < 1.29 is 17.5 Å². The number of rotatable bonds is 4. The molecule has 0 N–H and O–H groups in total. The maximum Gasteiger partial charge on any atom is 0.340 e. The lowest BCUT2D eigenvalue weighted by molar-refractivity contribution is -0.384. The molecule has 0 atom stereocenters. The van der Waals surface area contributed by atoms with Crippen LogP contribution in [0.2, 0.25) is 0 Å². The summed E-state index contributed by atoms with van der Waals surface area (Å²) in [6.45, 7) is 0. The van der Waals surface area contributed by atoms with Crippen LogP contribution in [0.5, 0.6) is 5.88 Å². The van der Waals surface area contributed by atoms with E-state index < -0.39 is 15.0 Å². The van der Waals surface area contributed by atoms with E-state index in [4.69, 9.17) is 4.18 Å². The Morgan fingerprint density at radius 2 is 1.70 bits per heavy atom. The van der Waals surface area contributed by atoms with Gasteiger partial charge in [-0.2, -0.15) is 8.42 Å². The number of nitro benzene ring substituents is 1. The summed E-state index contributed by atoms with van der Waals surface area (Å²) in [4.78, 5) is 17.6. The van der Waals surface area contributed by atoms with Crippen LogP contribution in [0.15, 0.2) is 59.8 Å². The summed E-state index contributed by atoms with van der Waals surface area (Å²) in [6, 6.07) is 11.2. The lowest BCUT2D eigenvalue weighted by Crippen LogP contribution is -2.11. The maximum absolute atomic E-state index is 12.3. The molecule has 0 bridgehead atoms. The molecule has 23 heavy (non-hydrogen) atoms. The van der Waals surface area contributed by atoms with Crippen LogP contribution in [0, 0.1) is 10.1 Å². The van der Waals surface area contributed by atoms with Gasteiger partial charge in [-0.15, -0.1) is 0 Å². The van der Waals surface area contributed by atoms with Crippen LogP contribution in [0.25, 0.3) is 10.9 Å². The number of nitrogens with zero attached hydrogens (tertiary/aromatic N) is 3. The van der Waals surface area contributed by atoms with Gasteiger partial charge in [-0.05, 0) is 24.3 Å². The van der Waals surface area contributed by atoms with Crippen molar-refractivity contribution in [2.75, 3.05) is 0 Å². The fraction of sp³-hybridized carbons (Fsp3) is 0. The summed E-state index contributed by atoms with van der Waals surface area (Å²) in [5.74, 6) is -0.103. The van der Waals surface area contributed by atoms with Gasteiger partial charge in [-0.25, -0.2) is 9.97 Å². The molecule has 3 rings (SSSR count). The van der Waals surface area contributed by atoms with Crippen molar-refractivity contribution >= 4 is 26.7 Å². The molecule has 8 nitrogen and oxygen atoms in total. The third kappa shape index (κ3) is 2.94. The molecule has 0 saturated carbocycles. The Balaban J connectivity index is 1.98. The monoisotopic (exact) mass is 331 g/mol. The highest BCUT2D eigenvalue weighted by Crippen LogP contribution is 2.25. The van der Waals surface area contributed by atoms with Gasteiger partial charge in [0.25, 0.3) is 5.69 Å². The van der Waals surface area contributed by atoms with E-state index in [1.165, 1.54) is 6.33 Å². The van der Waals surface area contributed by atoms with Crippen LogP contribution < -0.4 is 4.18 Å². The zero-order valence-electron chi connectivity index (χ0n) is 11.5. The molecule has 0 aliphatic heterocycles. The van der Waals surface area contributed by atoms with Gasteiger partial charge in [0.15, 0.2) is 0 Å². The predicted molar refractivity (Wildman–Crippen MR) is 80.4 cm³/mol. The molecule has 0 aliphatic carbocycles. The highest BCUT2D eigenvalue weighted by atomic mass is 32.2. The zero-order chi connectivity index (χ0) is 16.4. The third-order valence-electron chi connectivity index (χ3n) is 3.03. The Kier molecular flexibility index (Phi) is 3.62. The summed E-state index contributed by atoms with van der Waals surface area (Å²) >= 11 is 0. The van der Waals surface area contributed by atoms with Crippen LogP contribution >= 0.6 is 0 Å². The number of para-hydroxylation sites is 1. The molecule has 3 aromatic rings. The average molecular weight is 331 g/mol. The first kappa shape index (κ1) is 14.9. The molecule has 2 aromatic carbocycles. The third-order valence-corrected chi connectivity index (χ3v) is 4.26. The van der Waals surface area contributed by atoms with Gasteiger partial charge in [0, 0.05) is 12.1 Å². The van der Waals surface area contributed by atoms with Crippen molar-refractivity contribution in [1.82, 2.24) is 9.97 Å². The Morgan fingerprint density at radius 3 is 2.39 bits per heavy atom. The molecule has 0 saturated heterocycles. The van der Waals surface area contributed by atoms with E-state index in [-0.39, 0.29) is 16.5 Å². The first-order valence-electron chi connectivity index (χ1n) is 6.36. The highest BCUT2D eigenvalue weighted by molar-refractivity contribution is 7.87. The fourth-order valence-electron chi connectivity index (χ4n) is 1.93. The minimum Gasteiger partial charge on any atom is -0.357 e. The molecule has 0 amide bonds. The summed E-state index contributed by atoms with van der Waals surface area (Å²) in [6.07, 6.45) is 1.20. The second-order valence-electron chi connectivity index (χ2n) is 4.48. The zero-order valence-corrected chi connectivity index (χ0v) is 12.3. The lowest BCUT2D eigenvalue weighted by Gasteiger charge is -2.07. The highest BCUT2D eigenvalue weighted by Gasteiger charge is 2.20. The van der Waals surface area contributed by atoms with Gasteiger partial charge in [0.2, 0.25) is 5.88 Å². The second kappa shape index (κ2) is 5.61. The Morgan fingerprint density at radius 1 is 1.00 bits per heavy atom. The molecule has 116 valence electrons.